The smallest absolute Gasteiger partial charge is 0.270 e. The van der Waals surface area contributed by atoms with Crippen molar-refractivity contribution in [2.75, 3.05) is 6.54 Å². The number of nitro benzene ring substituents is 1. The molecule has 0 saturated carbocycles. The summed E-state index contributed by atoms with van der Waals surface area (Å²) in [7, 11) is 0. The molecule has 2 aliphatic rings. The summed E-state index contributed by atoms with van der Waals surface area (Å²) >= 11 is 0. The first-order valence-electron chi connectivity index (χ1n) is 9.49. The molecular weight excluding hydrogens is 386 g/mol. The van der Waals surface area contributed by atoms with Gasteiger partial charge in [0.1, 0.15) is 12.6 Å². The van der Waals surface area contributed by atoms with E-state index in [0.29, 0.717) is 18.5 Å². The number of fused-ring (bicyclic) bond motifs is 4. The highest BCUT2D eigenvalue weighted by atomic mass is 16.6. The Morgan fingerprint density at radius 2 is 1.97 bits per heavy atom. The number of carbonyl (C=O) groups is 2. The van der Waals surface area contributed by atoms with Crippen LogP contribution in [0.25, 0.3) is 10.9 Å². The predicted octanol–water partition coefficient (Wildman–Crippen LogP) is 2.21. The number of aromatic nitrogens is 1. The zero-order valence-electron chi connectivity index (χ0n) is 15.8. The molecule has 9 nitrogen and oxygen atoms in total. The van der Waals surface area contributed by atoms with Gasteiger partial charge in [-0.15, -0.1) is 0 Å². The van der Waals surface area contributed by atoms with Crippen molar-refractivity contribution in [3.05, 3.63) is 75.5 Å². The Hall–Kier alpha value is -4.01. The lowest BCUT2D eigenvalue weighted by atomic mass is 9.94. The van der Waals surface area contributed by atoms with Gasteiger partial charge in [0.2, 0.25) is 5.91 Å². The Morgan fingerprint density at radius 1 is 1.13 bits per heavy atom. The first-order valence-corrected chi connectivity index (χ1v) is 9.49. The van der Waals surface area contributed by atoms with Crippen LogP contribution in [0.15, 0.2) is 53.6 Å². The molecule has 2 amide bonds. The van der Waals surface area contributed by atoms with Gasteiger partial charge in [-0.3, -0.25) is 19.7 Å². The van der Waals surface area contributed by atoms with Crippen molar-refractivity contribution in [1.29, 1.82) is 0 Å². The van der Waals surface area contributed by atoms with E-state index in [-0.39, 0.29) is 24.0 Å². The number of rotatable bonds is 3. The van der Waals surface area contributed by atoms with Crippen LogP contribution in [0.1, 0.15) is 16.8 Å². The number of H-pyrrole nitrogens is 1. The van der Waals surface area contributed by atoms with Gasteiger partial charge in [-0.1, -0.05) is 30.3 Å². The summed E-state index contributed by atoms with van der Waals surface area (Å²) in [5, 5.41) is 17.3. The van der Waals surface area contributed by atoms with E-state index in [4.69, 9.17) is 0 Å². The van der Waals surface area contributed by atoms with Crippen LogP contribution in [0.5, 0.6) is 0 Å². The molecule has 2 aromatic carbocycles. The zero-order valence-corrected chi connectivity index (χ0v) is 15.8. The molecule has 0 radical (unpaired) electrons. The Kier molecular flexibility index (Phi) is 4.09. The fourth-order valence-corrected chi connectivity index (χ4v) is 4.11. The van der Waals surface area contributed by atoms with E-state index in [0.717, 1.165) is 27.2 Å². The Balaban J connectivity index is 1.42. The number of nitrogens with zero attached hydrogens (tertiary/aromatic N) is 4. The summed E-state index contributed by atoms with van der Waals surface area (Å²) in [6.45, 7) is 0.206. The Labute approximate surface area is 170 Å². The SMILES string of the molecule is O=C1[C@H]2Cc3c([nH]c4ccccc34)CN2C(=O)CN1N=Cc1cccc([N+](=O)[O-])c1. The first-order chi connectivity index (χ1) is 14.5. The van der Waals surface area contributed by atoms with E-state index in [9.17, 15) is 19.7 Å². The van der Waals surface area contributed by atoms with Gasteiger partial charge in [-0.05, 0) is 11.6 Å². The van der Waals surface area contributed by atoms with E-state index in [1.165, 1.54) is 18.3 Å². The number of hydrazone groups is 1. The van der Waals surface area contributed by atoms with Gasteiger partial charge in [0.15, 0.2) is 0 Å². The highest BCUT2D eigenvalue weighted by molar-refractivity contribution is 5.97. The van der Waals surface area contributed by atoms with Crippen LogP contribution < -0.4 is 0 Å². The van der Waals surface area contributed by atoms with Crippen molar-refractivity contribution >= 4 is 34.6 Å². The standard InChI is InChI=1S/C21H17N5O4/c27-20-12-25(22-10-13-4-3-5-14(8-13)26(29)30)21(28)19-9-16-15-6-1-2-7-17(15)23-18(16)11-24(19)20/h1-8,10,19,23H,9,11-12H2/t19-/m1/s1. The van der Waals surface area contributed by atoms with E-state index in [2.05, 4.69) is 10.1 Å². The average Bonchev–Trinajstić information content (AvgIpc) is 3.12. The van der Waals surface area contributed by atoms with Gasteiger partial charge in [0.05, 0.1) is 17.7 Å². The lowest BCUT2D eigenvalue weighted by Crippen LogP contribution is -2.60. The lowest BCUT2D eigenvalue weighted by Gasteiger charge is -2.40. The molecule has 0 bridgehead atoms. The van der Waals surface area contributed by atoms with Crippen molar-refractivity contribution in [1.82, 2.24) is 14.9 Å². The summed E-state index contributed by atoms with van der Waals surface area (Å²) in [5.41, 5.74) is 3.42. The largest absolute Gasteiger partial charge is 0.357 e. The molecule has 150 valence electrons. The zero-order chi connectivity index (χ0) is 20.8. The number of benzene rings is 2. The van der Waals surface area contributed by atoms with Crippen LogP contribution >= 0.6 is 0 Å². The molecule has 1 atom stereocenters. The third kappa shape index (κ3) is 2.91. The summed E-state index contributed by atoms with van der Waals surface area (Å²) < 4.78 is 0. The molecule has 30 heavy (non-hydrogen) atoms. The van der Waals surface area contributed by atoms with Crippen LogP contribution in [-0.2, 0) is 22.6 Å². The number of amides is 2. The second-order valence-electron chi connectivity index (χ2n) is 7.36. The molecule has 9 heteroatoms. The van der Waals surface area contributed by atoms with Crippen LogP contribution in [0.3, 0.4) is 0 Å². The number of para-hydroxylation sites is 1. The number of hydrogen-bond acceptors (Lipinski definition) is 5. The summed E-state index contributed by atoms with van der Waals surface area (Å²) in [6.07, 6.45) is 1.79. The number of hydrogen-bond donors (Lipinski definition) is 1. The minimum Gasteiger partial charge on any atom is -0.357 e. The van der Waals surface area contributed by atoms with Gasteiger partial charge in [0.25, 0.3) is 11.6 Å². The Morgan fingerprint density at radius 3 is 2.80 bits per heavy atom. The topological polar surface area (TPSA) is 112 Å². The molecule has 3 heterocycles. The average molecular weight is 403 g/mol. The van der Waals surface area contributed by atoms with Gasteiger partial charge in [-0.25, -0.2) is 5.01 Å². The maximum Gasteiger partial charge on any atom is 0.270 e. The van der Waals surface area contributed by atoms with Crippen molar-refractivity contribution in [2.24, 2.45) is 5.10 Å². The number of aromatic amines is 1. The summed E-state index contributed by atoms with van der Waals surface area (Å²) in [6, 6.07) is 13.2. The number of non-ortho nitro benzene ring substituents is 1. The van der Waals surface area contributed by atoms with Crippen molar-refractivity contribution in [2.45, 2.75) is 19.0 Å². The van der Waals surface area contributed by atoms with Gasteiger partial charge in [-0.2, -0.15) is 5.10 Å². The Bertz CT molecular complexity index is 1230. The lowest BCUT2D eigenvalue weighted by molar-refractivity contribution is -0.384. The summed E-state index contributed by atoms with van der Waals surface area (Å²) in [5.74, 6) is -0.438. The second-order valence-corrected chi connectivity index (χ2v) is 7.36. The van der Waals surface area contributed by atoms with Crippen LogP contribution in [0.2, 0.25) is 0 Å². The minimum atomic E-state index is -0.611. The highest BCUT2D eigenvalue weighted by Crippen LogP contribution is 2.32. The highest BCUT2D eigenvalue weighted by Gasteiger charge is 2.43. The van der Waals surface area contributed by atoms with Crippen molar-refractivity contribution in [3.63, 3.8) is 0 Å². The number of carbonyl (C=O) groups excluding carboxylic acids is 2. The van der Waals surface area contributed by atoms with Gasteiger partial charge in [0, 0.05) is 40.7 Å². The second kappa shape index (κ2) is 6.80. The molecule has 1 fully saturated rings. The fraction of sp³-hybridized carbons (Fsp3) is 0.190. The van der Waals surface area contributed by atoms with E-state index in [1.54, 1.807) is 17.0 Å². The third-order valence-corrected chi connectivity index (χ3v) is 5.58. The molecule has 3 aromatic rings. The maximum absolute atomic E-state index is 13.1. The van der Waals surface area contributed by atoms with E-state index in [1.807, 2.05) is 24.3 Å². The molecule has 1 aromatic heterocycles. The maximum atomic E-state index is 13.1. The van der Waals surface area contributed by atoms with E-state index < -0.39 is 11.0 Å². The first kappa shape index (κ1) is 18.0. The minimum absolute atomic E-state index is 0.0645. The van der Waals surface area contributed by atoms with Crippen LogP contribution in [-0.4, -0.2) is 50.4 Å². The predicted molar refractivity (Wildman–Crippen MR) is 109 cm³/mol. The number of nitro groups is 1. The number of piperazine rings is 1. The van der Waals surface area contributed by atoms with E-state index >= 15 is 0 Å². The molecule has 1 N–H and O–H groups in total. The molecule has 5 rings (SSSR count). The summed E-state index contributed by atoms with van der Waals surface area (Å²) in [4.78, 5) is 41.2. The van der Waals surface area contributed by atoms with Crippen molar-refractivity contribution < 1.29 is 14.5 Å². The fourth-order valence-electron chi connectivity index (χ4n) is 4.11. The monoisotopic (exact) mass is 403 g/mol. The normalized spacial score (nSPS) is 18.7. The van der Waals surface area contributed by atoms with Crippen molar-refractivity contribution in [3.8, 4) is 0 Å². The molecule has 0 spiro atoms. The van der Waals surface area contributed by atoms with Gasteiger partial charge >= 0.3 is 0 Å². The third-order valence-electron chi connectivity index (χ3n) is 5.58. The molecule has 2 aliphatic heterocycles. The molecule has 1 saturated heterocycles. The van der Waals surface area contributed by atoms with Crippen LogP contribution in [0.4, 0.5) is 5.69 Å². The number of nitrogens with one attached hydrogen (secondary N) is 1. The molecular formula is C21H17N5O4. The van der Waals surface area contributed by atoms with Crippen LogP contribution in [0, 0.1) is 10.1 Å². The quantitative estimate of drug-likeness (QED) is 0.410. The molecule has 0 aliphatic carbocycles. The van der Waals surface area contributed by atoms with Gasteiger partial charge < -0.3 is 9.88 Å². The molecule has 0 unspecified atom stereocenters.